The lowest BCUT2D eigenvalue weighted by atomic mass is 10.3. The Labute approximate surface area is 112 Å². The molecule has 19 heavy (non-hydrogen) atoms. The van der Waals surface area contributed by atoms with Crippen LogP contribution in [0, 0.1) is 0 Å². The summed E-state index contributed by atoms with van der Waals surface area (Å²) in [6.45, 7) is 0.614. The van der Waals surface area contributed by atoms with Crippen LogP contribution in [0.4, 0.5) is 5.69 Å². The normalized spacial score (nSPS) is 9.95. The minimum absolute atomic E-state index is 0.0000274. The molecule has 0 bridgehead atoms. The van der Waals surface area contributed by atoms with Gasteiger partial charge >= 0.3 is 5.97 Å². The Bertz CT molecular complexity index is 408. The van der Waals surface area contributed by atoms with Gasteiger partial charge in [0.05, 0.1) is 13.2 Å². The lowest BCUT2D eigenvalue weighted by molar-refractivity contribution is -0.135. The summed E-state index contributed by atoms with van der Waals surface area (Å²) >= 11 is 0. The number of carbonyl (C=O) groups excluding carboxylic acids is 1. The van der Waals surface area contributed by atoms with Crippen molar-refractivity contribution in [3.05, 3.63) is 30.3 Å². The number of nitrogens with zero attached hydrogens (tertiary/aromatic N) is 1. The Morgan fingerprint density at radius 2 is 1.95 bits per heavy atom. The summed E-state index contributed by atoms with van der Waals surface area (Å²) in [4.78, 5) is 24.0. The Hall–Kier alpha value is -2.08. The monoisotopic (exact) mass is 266 g/mol. The Balaban J connectivity index is 2.60. The van der Waals surface area contributed by atoms with E-state index in [1.807, 2.05) is 6.07 Å². The minimum Gasteiger partial charge on any atom is -0.480 e. The Morgan fingerprint density at radius 1 is 1.26 bits per heavy atom. The van der Waals surface area contributed by atoms with Gasteiger partial charge in [-0.3, -0.25) is 9.59 Å². The molecule has 0 radical (unpaired) electrons. The van der Waals surface area contributed by atoms with E-state index in [1.165, 1.54) is 4.90 Å². The van der Waals surface area contributed by atoms with Crippen LogP contribution in [0.1, 0.15) is 0 Å². The number of rotatable bonds is 8. The summed E-state index contributed by atoms with van der Waals surface area (Å²) < 4.78 is 4.82. The molecule has 1 aromatic rings. The van der Waals surface area contributed by atoms with Crippen LogP contribution in [-0.2, 0) is 14.3 Å². The fourth-order valence-electron chi connectivity index (χ4n) is 1.56. The summed E-state index contributed by atoms with van der Waals surface area (Å²) in [7, 11) is 1.55. The zero-order valence-electron chi connectivity index (χ0n) is 10.8. The second-order valence-electron chi connectivity index (χ2n) is 3.93. The molecule has 0 aliphatic rings. The molecule has 0 atom stereocenters. The van der Waals surface area contributed by atoms with Gasteiger partial charge in [0.1, 0.15) is 6.54 Å². The van der Waals surface area contributed by atoms with Crippen LogP contribution in [0.3, 0.4) is 0 Å². The van der Waals surface area contributed by atoms with Gasteiger partial charge in [-0.05, 0) is 12.1 Å². The van der Waals surface area contributed by atoms with E-state index in [-0.39, 0.29) is 19.0 Å². The number of aliphatic carboxylic acids is 1. The summed E-state index contributed by atoms with van der Waals surface area (Å²) in [6.07, 6.45) is 0. The molecule has 0 heterocycles. The highest BCUT2D eigenvalue weighted by Crippen LogP contribution is 2.12. The van der Waals surface area contributed by atoms with Crippen molar-refractivity contribution < 1.29 is 19.4 Å². The number of anilines is 1. The topological polar surface area (TPSA) is 78.9 Å². The van der Waals surface area contributed by atoms with E-state index in [9.17, 15) is 9.59 Å². The molecule has 0 saturated heterocycles. The fourth-order valence-corrected chi connectivity index (χ4v) is 1.56. The summed E-state index contributed by atoms with van der Waals surface area (Å²) in [5.74, 6) is -1.21. The molecule has 1 rings (SSSR count). The molecule has 2 N–H and O–H groups in total. The Kier molecular flexibility index (Phi) is 6.38. The number of amides is 1. The van der Waals surface area contributed by atoms with Crippen LogP contribution in [0.25, 0.3) is 0 Å². The molecule has 0 unspecified atom stereocenters. The largest absolute Gasteiger partial charge is 0.480 e. The Morgan fingerprint density at radius 3 is 2.53 bits per heavy atom. The zero-order valence-corrected chi connectivity index (χ0v) is 10.8. The van der Waals surface area contributed by atoms with Gasteiger partial charge in [0.2, 0.25) is 5.91 Å². The predicted molar refractivity (Wildman–Crippen MR) is 71.2 cm³/mol. The second kappa shape index (κ2) is 8.10. The number of carboxylic acid groups (broad SMARTS) is 1. The van der Waals surface area contributed by atoms with E-state index >= 15 is 0 Å². The molecule has 0 saturated carbocycles. The molecular weight excluding hydrogens is 248 g/mol. The van der Waals surface area contributed by atoms with Crippen molar-refractivity contribution >= 4 is 17.6 Å². The molecule has 0 fully saturated rings. The third-order valence-corrected chi connectivity index (χ3v) is 2.41. The molecule has 1 aromatic carbocycles. The number of nitrogens with one attached hydrogen (secondary N) is 1. The van der Waals surface area contributed by atoms with Crippen molar-refractivity contribution in [3.63, 3.8) is 0 Å². The van der Waals surface area contributed by atoms with Crippen LogP contribution in [-0.4, -0.2) is 50.3 Å². The maximum absolute atomic E-state index is 11.7. The number of hydrogen-bond acceptors (Lipinski definition) is 4. The number of methoxy groups -OCH3 is 1. The van der Waals surface area contributed by atoms with E-state index in [0.717, 1.165) is 0 Å². The third kappa shape index (κ3) is 5.87. The van der Waals surface area contributed by atoms with E-state index in [1.54, 1.807) is 31.4 Å². The maximum atomic E-state index is 11.7. The number of carboxylic acids is 1. The average Bonchev–Trinajstić information content (AvgIpc) is 2.39. The first-order valence-corrected chi connectivity index (χ1v) is 5.91. The molecular formula is C13H18N2O4. The standard InChI is InChI=1S/C13H18N2O4/c1-19-8-7-14-12(16)9-15(10-13(17)18)11-5-3-2-4-6-11/h2-6H,7-10H2,1H3,(H,14,16)(H,17,18). The van der Waals surface area contributed by atoms with Crippen molar-refractivity contribution in [1.82, 2.24) is 5.32 Å². The fraction of sp³-hybridized carbons (Fsp3) is 0.385. The molecule has 104 valence electrons. The molecule has 6 nitrogen and oxygen atoms in total. The summed E-state index contributed by atoms with van der Waals surface area (Å²) in [5, 5.41) is 11.5. The highest BCUT2D eigenvalue weighted by Gasteiger charge is 2.14. The van der Waals surface area contributed by atoms with Crippen LogP contribution in [0.5, 0.6) is 0 Å². The molecule has 0 aliphatic carbocycles. The quantitative estimate of drug-likeness (QED) is 0.663. The van der Waals surface area contributed by atoms with Gasteiger partial charge in [0.25, 0.3) is 0 Å². The average molecular weight is 266 g/mol. The number of benzene rings is 1. The van der Waals surface area contributed by atoms with E-state index < -0.39 is 5.97 Å². The van der Waals surface area contributed by atoms with Gasteiger partial charge in [0, 0.05) is 19.3 Å². The lowest BCUT2D eigenvalue weighted by Crippen LogP contribution is -2.40. The first-order chi connectivity index (χ1) is 9.13. The summed E-state index contributed by atoms with van der Waals surface area (Å²) in [5.41, 5.74) is 0.701. The van der Waals surface area contributed by atoms with Gasteiger partial charge < -0.3 is 20.1 Å². The first kappa shape index (κ1) is 15.0. The van der Waals surface area contributed by atoms with Crippen LogP contribution in [0.15, 0.2) is 30.3 Å². The first-order valence-electron chi connectivity index (χ1n) is 5.91. The van der Waals surface area contributed by atoms with Crippen LogP contribution >= 0.6 is 0 Å². The van der Waals surface area contributed by atoms with Gasteiger partial charge in [0.15, 0.2) is 0 Å². The predicted octanol–water partition coefficient (Wildman–Crippen LogP) is 0.340. The molecule has 6 heteroatoms. The molecule has 0 aliphatic heterocycles. The van der Waals surface area contributed by atoms with Crippen molar-refractivity contribution in [1.29, 1.82) is 0 Å². The summed E-state index contributed by atoms with van der Waals surface area (Å²) in [6, 6.07) is 8.97. The van der Waals surface area contributed by atoms with Crippen LogP contribution < -0.4 is 10.2 Å². The zero-order chi connectivity index (χ0) is 14.1. The van der Waals surface area contributed by atoms with E-state index in [0.29, 0.717) is 18.8 Å². The lowest BCUT2D eigenvalue weighted by Gasteiger charge is -2.22. The van der Waals surface area contributed by atoms with Gasteiger partial charge in [-0.15, -0.1) is 0 Å². The van der Waals surface area contributed by atoms with Crippen LogP contribution in [0.2, 0.25) is 0 Å². The number of ether oxygens (including phenoxy) is 1. The van der Waals surface area contributed by atoms with Crippen molar-refractivity contribution in [3.8, 4) is 0 Å². The van der Waals surface area contributed by atoms with Crippen molar-refractivity contribution in [2.45, 2.75) is 0 Å². The van der Waals surface area contributed by atoms with Gasteiger partial charge in [-0.2, -0.15) is 0 Å². The van der Waals surface area contributed by atoms with Crippen molar-refractivity contribution in [2.24, 2.45) is 0 Å². The highest BCUT2D eigenvalue weighted by molar-refractivity contribution is 5.84. The number of carbonyl (C=O) groups is 2. The van der Waals surface area contributed by atoms with Crippen molar-refractivity contribution in [2.75, 3.05) is 38.3 Å². The van der Waals surface area contributed by atoms with Gasteiger partial charge in [-0.1, -0.05) is 18.2 Å². The molecule has 0 aromatic heterocycles. The minimum atomic E-state index is -0.978. The molecule has 0 spiro atoms. The number of para-hydroxylation sites is 1. The van der Waals surface area contributed by atoms with Gasteiger partial charge in [-0.25, -0.2) is 0 Å². The maximum Gasteiger partial charge on any atom is 0.323 e. The number of hydrogen-bond donors (Lipinski definition) is 2. The highest BCUT2D eigenvalue weighted by atomic mass is 16.5. The second-order valence-corrected chi connectivity index (χ2v) is 3.93. The molecule has 1 amide bonds. The third-order valence-electron chi connectivity index (χ3n) is 2.41. The van der Waals surface area contributed by atoms with E-state index in [4.69, 9.17) is 9.84 Å². The smallest absolute Gasteiger partial charge is 0.323 e. The van der Waals surface area contributed by atoms with E-state index in [2.05, 4.69) is 5.32 Å². The SMILES string of the molecule is COCCNC(=O)CN(CC(=O)O)c1ccccc1.